The Morgan fingerprint density at radius 3 is 2.47 bits per heavy atom. The van der Waals surface area contributed by atoms with Gasteiger partial charge in [-0.25, -0.2) is 13.8 Å². The molecule has 7 rings (SSSR count). The number of anilines is 1. The van der Waals surface area contributed by atoms with E-state index in [1.807, 2.05) is 23.1 Å². The second-order valence-electron chi connectivity index (χ2n) is 11.3. The maximum Gasteiger partial charge on any atom is 0.391 e. The monoisotopic (exact) mass is 550 g/mol. The number of hydrogen-bond donors (Lipinski definition) is 0. The third kappa shape index (κ3) is 3.88. The Hall–Kier alpha value is -2.79. The van der Waals surface area contributed by atoms with Gasteiger partial charge in [-0.3, -0.25) is 9.47 Å². The highest BCUT2D eigenvalue weighted by Gasteiger charge is 2.55. The summed E-state index contributed by atoms with van der Waals surface area (Å²) in [7, 11) is 0. The van der Waals surface area contributed by atoms with Crippen LogP contribution in [-0.2, 0) is 13.1 Å². The molecule has 0 atom stereocenters. The number of nitrogens with zero attached hydrogens (tertiary/aromatic N) is 6. The van der Waals surface area contributed by atoms with Crippen LogP contribution < -0.4 is 4.90 Å². The Morgan fingerprint density at radius 2 is 1.76 bits per heavy atom. The predicted octanol–water partition coefficient (Wildman–Crippen LogP) is 5.63. The van der Waals surface area contributed by atoms with Gasteiger partial charge in [-0.05, 0) is 49.4 Å². The van der Waals surface area contributed by atoms with Crippen molar-refractivity contribution >= 4 is 17.4 Å². The van der Waals surface area contributed by atoms with Gasteiger partial charge >= 0.3 is 6.18 Å². The molecule has 0 radical (unpaired) electrons. The lowest BCUT2D eigenvalue weighted by Gasteiger charge is -2.59. The standard InChI is InChI=1S/C26H24ClF5N6/c27-17-1-2-21-14(3-17)10-36(19-4-16(5-19)26(30,31)32)11-22-34-35-23(38(21)22)15-7-25(8-15)12-37(13-25)24-20(29)6-18(28)9-33-24/h1-3,6,9,15-16,19H,4-5,7-8,10-13H2. The van der Waals surface area contributed by atoms with Crippen LogP contribution >= 0.6 is 11.6 Å². The minimum absolute atomic E-state index is 0.0255. The number of alkyl halides is 3. The van der Waals surface area contributed by atoms with Gasteiger partial charge in [0.1, 0.15) is 11.6 Å². The Kier molecular flexibility index (Phi) is 5.33. The number of fused-ring (bicyclic) bond motifs is 3. The van der Waals surface area contributed by atoms with Crippen molar-refractivity contribution in [2.24, 2.45) is 11.3 Å². The van der Waals surface area contributed by atoms with Gasteiger partial charge in [0.25, 0.3) is 0 Å². The molecule has 3 fully saturated rings. The van der Waals surface area contributed by atoms with E-state index in [9.17, 15) is 22.0 Å². The zero-order valence-electron chi connectivity index (χ0n) is 20.2. The van der Waals surface area contributed by atoms with Crippen LogP contribution in [0.3, 0.4) is 0 Å². The maximum atomic E-state index is 14.2. The minimum Gasteiger partial charge on any atom is -0.353 e. The molecule has 2 saturated carbocycles. The zero-order valence-corrected chi connectivity index (χ0v) is 21.0. The second kappa shape index (κ2) is 8.35. The molecule has 1 aromatic carbocycles. The van der Waals surface area contributed by atoms with Crippen LogP contribution in [0.1, 0.15) is 48.8 Å². The van der Waals surface area contributed by atoms with E-state index >= 15 is 0 Å². The largest absolute Gasteiger partial charge is 0.391 e. The highest BCUT2D eigenvalue weighted by atomic mass is 35.5. The van der Waals surface area contributed by atoms with E-state index in [0.717, 1.165) is 42.2 Å². The van der Waals surface area contributed by atoms with Crippen molar-refractivity contribution in [3.8, 4) is 5.69 Å². The first kappa shape index (κ1) is 24.3. The van der Waals surface area contributed by atoms with Crippen LogP contribution in [0.15, 0.2) is 30.5 Å². The molecule has 2 aliphatic heterocycles. The Morgan fingerprint density at radius 1 is 1.00 bits per heavy atom. The zero-order chi connectivity index (χ0) is 26.4. The van der Waals surface area contributed by atoms with Gasteiger partial charge in [-0.1, -0.05) is 11.6 Å². The van der Waals surface area contributed by atoms with Crippen LogP contribution in [0.5, 0.6) is 0 Å². The molecule has 2 aliphatic carbocycles. The number of rotatable bonds is 3. The molecule has 1 spiro atoms. The summed E-state index contributed by atoms with van der Waals surface area (Å²) in [5.74, 6) is -0.742. The molecule has 1 saturated heterocycles. The van der Waals surface area contributed by atoms with Crippen LogP contribution in [0.25, 0.3) is 5.69 Å². The summed E-state index contributed by atoms with van der Waals surface area (Å²) in [6, 6.07) is 6.29. The Balaban J connectivity index is 1.11. The lowest BCUT2D eigenvalue weighted by molar-refractivity contribution is -0.207. The van der Waals surface area contributed by atoms with Crippen LogP contribution in [0.4, 0.5) is 27.8 Å². The summed E-state index contributed by atoms with van der Waals surface area (Å²) in [5.41, 5.74) is 1.87. The van der Waals surface area contributed by atoms with Gasteiger partial charge in [0, 0.05) is 48.1 Å². The first-order chi connectivity index (χ1) is 18.1. The molecule has 200 valence electrons. The summed E-state index contributed by atoms with van der Waals surface area (Å²) in [6.45, 7) is 2.19. The predicted molar refractivity (Wildman–Crippen MR) is 129 cm³/mol. The summed E-state index contributed by atoms with van der Waals surface area (Å²) < 4.78 is 68.9. The van der Waals surface area contributed by atoms with Gasteiger partial charge < -0.3 is 4.90 Å². The van der Waals surface area contributed by atoms with E-state index in [2.05, 4.69) is 24.6 Å². The third-order valence-electron chi connectivity index (χ3n) is 8.71. The fraction of sp³-hybridized carbons (Fsp3) is 0.500. The van der Waals surface area contributed by atoms with Crippen molar-refractivity contribution in [1.82, 2.24) is 24.6 Å². The van der Waals surface area contributed by atoms with Crippen molar-refractivity contribution < 1.29 is 22.0 Å². The van der Waals surface area contributed by atoms with Crippen molar-refractivity contribution in [2.75, 3.05) is 18.0 Å². The van der Waals surface area contributed by atoms with E-state index < -0.39 is 23.7 Å². The number of benzene rings is 1. The normalized spacial score (nSPS) is 24.7. The fourth-order valence-electron chi connectivity index (χ4n) is 6.71. The fourth-order valence-corrected chi connectivity index (χ4v) is 6.90. The van der Waals surface area contributed by atoms with Crippen LogP contribution in [0.2, 0.25) is 5.02 Å². The first-order valence-electron chi connectivity index (χ1n) is 12.7. The highest BCUT2D eigenvalue weighted by molar-refractivity contribution is 6.30. The SMILES string of the molecule is Fc1cnc(N2CC3(CC(c4nnc5n4-c4ccc(Cl)cc4CN(C4CC(C(F)(F)F)C4)C5)C3)C2)c(F)c1. The molecule has 0 N–H and O–H groups in total. The molecular formula is C26H24ClF5N6. The molecule has 6 nitrogen and oxygen atoms in total. The average molecular weight is 551 g/mol. The Bertz CT molecular complexity index is 1400. The van der Waals surface area contributed by atoms with Crippen molar-refractivity contribution in [3.05, 3.63) is 64.3 Å². The van der Waals surface area contributed by atoms with Crippen LogP contribution in [0, 0.1) is 23.0 Å². The summed E-state index contributed by atoms with van der Waals surface area (Å²) in [4.78, 5) is 7.81. The van der Waals surface area contributed by atoms with Gasteiger partial charge in [0.15, 0.2) is 17.5 Å². The molecule has 0 unspecified atom stereocenters. The first-order valence-corrected chi connectivity index (χ1v) is 13.1. The van der Waals surface area contributed by atoms with Gasteiger partial charge in [0.05, 0.1) is 24.3 Å². The molecule has 12 heteroatoms. The molecule has 3 aromatic rings. The number of pyridine rings is 1. The van der Waals surface area contributed by atoms with Gasteiger partial charge in [0.2, 0.25) is 0 Å². The van der Waals surface area contributed by atoms with E-state index in [1.54, 1.807) is 0 Å². The molecule has 38 heavy (non-hydrogen) atoms. The van der Waals surface area contributed by atoms with E-state index in [4.69, 9.17) is 11.6 Å². The van der Waals surface area contributed by atoms with E-state index in [1.165, 1.54) is 0 Å². The highest BCUT2D eigenvalue weighted by Crippen LogP contribution is 2.57. The van der Waals surface area contributed by atoms with Crippen molar-refractivity contribution in [2.45, 2.75) is 56.9 Å². The van der Waals surface area contributed by atoms with Crippen LogP contribution in [-0.4, -0.2) is 50.0 Å². The number of halogens is 6. The van der Waals surface area contributed by atoms with Gasteiger partial charge in [-0.2, -0.15) is 13.2 Å². The third-order valence-corrected chi connectivity index (χ3v) is 8.95. The number of aromatic nitrogens is 4. The summed E-state index contributed by atoms with van der Waals surface area (Å²) in [6.07, 6.45) is -1.25. The Labute approximate surface area is 220 Å². The average Bonchev–Trinajstić information content (AvgIpc) is 3.06. The van der Waals surface area contributed by atoms with E-state index in [0.29, 0.717) is 37.0 Å². The van der Waals surface area contributed by atoms with E-state index in [-0.39, 0.29) is 36.0 Å². The lowest BCUT2D eigenvalue weighted by atomic mass is 9.57. The molecule has 2 aromatic heterocycles. The van der Waals surface area contributed by atoms with Gasteiger partial charge in [-0.15, -0.1) is 10.2 Å². The maximum absolute atomic E-state index is 14.2. The molecule has 0 amide bonds. The summed E-state index contributed by atoms with van der Waals surface area (Å²) in [5, 5.41) is 9.60. The molecular weight excluding hydrogens is 527 g/mol. The smallest absolute Gasteiger partial charge is 0.353 e. The topological polar surface area (TPSA) is 50.1 Å². The molecule has 4 heterocycles. The molecule has 0 bridgehead atoms. The second-order valence-corrected chi connectivity index (χ2v) is 11.7. The quantitative estimate of drug-likeness (QED) is 0.395. The molecule has 4 aliphatic rings. The van der Waals surface area contributed by atoms with Crippen molar-refractivity contribution in [3.63, 3.8) is 0 Å². The minimum atomic E-state index is -4.16. The lowest BCUT2D eigenvalue weighted by Crippen LogP contribution is -2.62. The number of hydrogen-bond acceptors (Lipinski definition) is 5. The van der Waals surface area contributed by atoms with Crippen molar-refractivity contribution in [1.29, 1.82) is 0 Å². The summed E-state index contributed by atoms with van der Waals surface area (Å²) >= 11 is 6.31.